The van der Waals surface area contributed by atoms with Crippen molar-refractivity contribution in [3.8, 4) is 11.5 Å². The molecular formula is C30H28BrClN4O5S. The lowest BCUT2D eigenvalue weighted by molar-refractivity contribution is -0.139. The number of hydrazone groups is 1. The molecule has 1 amide bonds. The van der Waals surface area contributed by atoms with E-state index in [9.17, 15) is 9.59 Å². The summed E-state index contributed by atoms with van der Waals surface area (Å²) in [6.07, 6.45) is 1.51. The fourth-order valence-corrected chi connectivity index (χ4v) is 4.98. The van der Waals surface area contributed by atoms with Crippen molar-refractivity contribution in [3.63, 3.8) is 0 Å². The number of rotatable bonds is 11. The molecule has 3 N–H and O–H groups in total. The number of hydrogen-bond acceptors (Lipinski definition) is 7. The quantitative estimate of drug-likeness (QED) is 0.105. The van der Waals surface area contributed by atoms with Gasteiger partial charge in [-0.05, 0) is 89.5 Å². The van der Waals surface area contributed by atoms with Crippen molar-refractivity contribution >= 4 is 63.0 Å². The molecule has 4 rings (SSSR count). The topological polar surface area (TPSA) is 110 Å². The highest BCUT2D eigenvalue weighted by atomic mass is 79.9. The van der Waals surface area contributed by atoms with Gasteiger partial charge in [-0.15, -0.1) is 0 Å². The number of allylic oxidation sites excluding steroid dienone is 1. The maximum absolute atomic E-state index is 12.7. The van der Waals surface area contributed by atoms with Crippen LogP contribution in [0, 0.1) is 0 Å². The summed E-state index contributed by atoms with van der Waals surface area (Å²) in [5, 5.41) is 11.1. The number of hydrogen-bond donors (Lipinski definition) is 3. The summed E-state index contributed by atoms with van der Waals surface area (Å²) < 4.78 is 17.7. The van der Waals surface area contributed by atoms with Crippen LogP contribution in [-0.2, 0) is 20.9 Å². The Balaban J connectivity index is 1.34. The third-order valence-corrected chi connectivity index (χ3v) is 7.11. The van der Waals surface area contributed by atoms with Crippen LogP contribution in [-0.4, -0.2) is 36.4 Å². The molecule has 1 atom stereocenters. The van der Waals surface area contributed by atoms with Crippen molar-refractivity contribution in [2.24, 2.45) is 5.10 Å². The zero-order chi connectivity index (χ0) is 30.1. The molecule has 0 radical (unpaired) electrons. The summed E-state index contributed by atoms with van der Waals surface area (Å²) in [5.41, 5.74) is 5.78. The number of halogens is 2. The molecule has 0 aromatic heterocycles. The number of carbonyl (C=O) groups excluding carboxylic acids is 2. The van der Waals surface area contributed by atoms with Crippen LogP contribution in [0.3, 0.4) is 0 Å². The van der Waals surface area contributed by atoms with Crippen LogP contribution in [0.15, 0.2) is 87.6 Å². The fourth-order valence-electron chi connectivity index (χ4n) is 4.07. The Kier molecular flexibility index (Phi) is 10.9. The first kappa shape index (κ1) is 31.0. The highest BCUT2D eigenvalue weighted by Crippen LogP contribution is 2.33. The molecule has 1 aliphatic heterocycles. The van der Waals surface area contributed by atoms with E-state index in [1.54, 1.807) is 32.0 Å². The molecule has 12 heteroatoms. The van der Waals surface area contributed by atoms with Gasteiger partial charge in [0, 0.05) is 16.3 Å². The summed E-state index contributed by atoms with van der Waals surface area (Å²) in [7, 11) is 0. The zero-order valence-corrected chi connectivity index (χ0v) is 25.9. The van der Waals surface area contributed by atoms with Gasteiger partial charge in [-0.3, -0.25) is 4.79 Å². The van der Waals surface area contributed by atoms with Crippen molar-refractivity contribution in [1.82, 2.24) is 16.1 Å². The minimum absolute atomic E-state index is 0.227. The van der Waals surface area contributed by atoms with Crippen molar-refractivity contribution in [2.75, 3.05) is 13.2 Å². The molecule has 3 aromatic rings. The second-order valence-corrected chi connectivity index (χ2v) is 10.7. The third-order valence-electron chi connectivity index (χ3n) is 6.02. The molecule has 0 bridgehead atoms. The van der Waals surface area contributed by atoms with Gasteiger partial charge in [0.25, 0.3) is 5.91 Å². The maximum atomic E-state index is 12.7. The summed E-state index contributed by atoms with van der Waals surface area (Å²) in [5.74, 6) is 0.135. The largest absolute Gasteiger partial charge is 0.488 e. The van der Waals surface area contributed by atoms with E-state index in [1.165, 1.54) is 6.21 Å². The van der Waals surface area contributed by atoms with Crippen LogP contribution in [0.5, 0.6) is 11.5 Å². The Morgan fingerprint density at radius 3 is 2.60 bits per heavy atom. The maximum Gasteiger partial charge on any atom is 0.338 e. The molecule has 3 aromatic carbocycles. The summed E-state index contributed by atoms with van der Waals surface area (Å²) >= 11 is 14.7. The highest BCUT2D eigenvalue weighted by molar-refractivity contribution is 9.10. The summed E-state index contributed by atoms with van der Waals surface area (Å²) in [4.78, 5) is 25.2. The number of carbonyl (C=O) groups is 2. The van der Waals surface area contributed by atoms with Crippen LogP contribution in [0.2, 0.25) is 5.02 Å². The number of amides is 1. The van der Waals surface area contributed by atoms with E-state index in [4.69, 9.17) is 38.0 Å². The van der Waals surface area contributed by atoms with Gasteiger partial charge in [-0.2, -0.15) is 5.10 Å². The zero-order valence-electron chi connectivity index (χ0n) is 22.8. The Hall–Kier alpha value is -3.93. The molecule has 0 fully saturated rings. The van der Waals surface area contributed by atoms with E-state index in [1.807, 2.05) is 48.5 Å². The smallest absolute Gasteiger partial charge is 0.338 e. The average Bonchev–Trinajstić information content (AvgIpc) is 2.96. The first-order valence-corrected chi connectivity index (χ1v) is 14.5. The number of nitrogens with one attached hydrogen (secondary N) is 3. The monoisotopic (exact) mass is 670 g/mol. The van der Waals surface area contributed by atoms with Gasteiger partial charge < -0.3 is 24.8 Å². The van der Waals surface area contributed by atoms with Gasteiger partial charge in [0.2, 0.25) is 0 Å². The predicted molar refractivity (Wildman–Crippen MR) is 169 cm³/mol. The minimum Gasteiger partial charge on any atom is -0.488 e. The lowest BCUT2D eigenvalue weighted by Gasteiger charge is -2.30. The minimum atomic E-state index is -0.619. The molecule has 0 spiro atoms. The van der Waals surface area contributed by atoms with Crippen LogP contribution in [0.4, 0.5) is 0 Å². The molecule has 0 aliphatic carbocycles. The Bertz CT molecular complexity index is 1530. The first-order valence-electron chi connectivity index (χ1n) is 12.9. The highest BCUT2D eigenvalue weighted by Gasteiger charge is 2.32. The number of nitrogens with zero attached hydrogens (tertiary/aromatic N) is 1. The van der Waals surface area contributed by atoms with Gasteiger partial charge >= 0.3 is 5.97 Å². The van der Waals surface area contributed by atoms with Gasteiger partial charge in [0.15, 0.2) is 11.7 Å². The second kappa shape index (κ2) is 14.8. The van der Waals surface area contributed by atoms with Crippen molar-refractivity contribution in [1.29, 1.82) is 0 Å². The number of para-hydroxylation sites is 1. The second-order valence-electron chi connectivity index (χ2n) is 9.02. The van der Waals surface area contributed by atoms with Gasteiger partial charge in [-0.25, -0.2) is 10.2 Å². The van der Waals surface area contributed by atoms with E-state index in [0.29, 0.717) is 45.1 Å². The molecule has 9 nitrogen and oxygen atoms in total. The molecule has 1 heterocycles. The molecule has 0 saturated heterocycles. The predicted octanol–water partition coefficient (Wildman–Crippen LogP) is 5.57. The SMILES string of the molecule is CCOC(=O)C1=C(C)NC(=S)N[C@@H]1c1ccccc1OCC(=O)NN=Cc1ccc(OCc2ccc(Cl)cc2)c(Br)c1. The summed E-state index contributed by atoms with van der Waals surface area (Å²) in [6, 6.07) is 19.4. The molecule has 42 heavy (non-hydrogen) atoms. The number of esters is 1. The van der Waals surface area contributed by atoms with Gasteiger partial charge in [0.1, 0.15) is 18.1 Å². The van der Waals surface area contributed by atoms with E-state index in [2.05, 4.69) is 37.1 Å². The van der Waals surface area contributed by atoms with Crippen molar-refractivity contribution in [3.05, 3.63) is 104 Å². The average molecular weight is 672 g/mol. The van der Waals surface area contributed by atoms with E-state index in [0.717, 1.165) is 15.6 Å². The first-order chi connectivity index (χ1) is 20.2. The Morgan fingerprint density at radius 1 is 1.10 bits per heavy atom. The van der Waals surface area contributed by atoms with Crippen molar-refractivity contribution in [2.45, 2.75) is 26.5 Å². The third kappa shape index (κ3) is 8.31. The van der Waals surface area contributed by atoms with E-state index < -0.39 is 17.9 Å². The van der Waals surface area contributed by atoms with E-state index in [-0.39, 0.29) is 13.2 Å². The molecule has 1 aliphatic rings. The van der Waals surface area contributed by atoms with Crippen LogP contribution in [0.1, 0.15) is 36.6 Å². The van der Waals surface area contributed by atoms with Crippen LogP contribution < -0.4 is 25.5 Å². The molecule has 0 unspecified atom stereocenters. The number of ether oxygens (including phenoxy) is 3. The van der Waals surface area contributed by atoms with Crippen LogP contribution >= 0.6 is 39.7 Å². The molecule has 218 valence electrons. The normalized spacial score (nSPS) is 14.7. The molecular weight excluding hydrogens is 644 g/mol. The standard InChI is InChI=1S/C30H28BrClN4O5S/c1-3-39-29(38)27-18(2)34-30(42)35-28(27)22-6-4-5-7-24(22)41-17-26(37)36-33-15-20-10-13-25(23(31)14-20)40-16-19-8-11-21(32)12-9-19/h4-15,28H,3,16-17H2,1-2H3,(H,36,37)(H2,34,35,42)/t28-/m1/s1. The lowest BCUT2D eigenvalue weighted by atomic mass is 9.95. The van der Waals surface area contributed by atoms with Crippen LogP contribution in [0.25, 0.3) is 0 Å². The Labute approximate surface area is 262 Å². The van der Waals surface area contributed by atoms with Crippen molar-refractivity contribution < 1.29 is 23.8 Å². The summed E-state index contributed by atoms with van der Waals surface area (Å²) in [6.45, 7) is 3.81. The number of thiocarbonyl (C=S) groups is 1. The van der Waals surface area contributed by atoms with Gasteiger partial charge in [0.05, 0.1) is 28.9 Å². The Morgan fingerprint density at radius 2 is 1.86 bits per heavy atom. The lowest BCUT2D eigenvalue weighted by Crippen LogP contribution is -2.45. The molecule has 0 saturated carbocycles. The van der Waals surface area contributed by atoms with Gasteiger partial charge in [-0.1, -0.05) is 41.9 Å². The van der Waals surface area contributed by atoms with E-state index >= 15 is 0 Å². The number of benzene rings is 3. The fraction of sp³-hybridized carbons (Fsp3) is 0.200.